The third kappa shape index (κ3) is 4.67. The number of carbonyl (C=O) groups is 1. The average Bonchev–Trinajstić information content (AvgIpc) is 3.17. The third-order valence-corrected chi connectivity index (χ3v) is 4.27. The number of urea groups is 1. The molecule has 3 aromatic rings. The van der Waals surface area contributed by atoms with Crippen LogP contribution in [0.25, 0.3) is 11.5 Å². The number of aromatic nitrogens is 2. The summed E-state index contributed by atoms with van der Waals surface area (Å²) in [6.07, 6.45) is 0.770. The van der Waals surface area contributed by atoms with E-state index in [4.69, 9.17) is 21.3 Å². The number of hydrogen-bond donors (Lipinski definition) is 1. The van der Waals surface area contributed by atoms with E-state index in [2.05, 4.69) is 15.5 Å². The van der Waals surface area contributed by atoms with Gasteiger partial charge in [0.25, 0.3) is 0 Å². The third-order valence-electron chi connectivity index (χ3n) is 3.94. The van der Waals surface area contributed by atoms with Gasteiger partial charge < -0.3 is 14.6 Å². The van der Waals surface area contributed by atoms with E-state index in [0.29, 0.717) is 40.2 Å². The zero-order chi connectivity index (χ0) is 19.9. The maximum absolute atomic E-state index is 12.6. The van der Waals surface area contributed by atoms with Crippen LogP contribution in [0.1, 0.15) is 24.8 Å². The Kier molecular flexibility index (Phi) is 6.25. The van der Waals surface area contributed by atoms with Crippen molar-refractivity contribution in [1.29, 1.82) is 5.26 Å². The van der Waals surface area contributed by atoms with Gasteiger partial charge in [-0.15, -0.1) is 10.2 Å². The van der Waals surface area contributed by atoms with E-state index in [9.17, 15) is 4.79 Å². The van der Waals surface area contributed by atoms with Gasteiger partial charge in [0.2, 0.25) is 11.8 Å². The van der Waals surface area contributed by atoms with Gasteiger partial charge in [0.05, 0.1) is 22.2 Å². The number of hydrogen-bond acceptors (Lipinski definition) is 5. The molecule has 3 rings (SSSR count). The van der Waals surface area contributed by atoms with Crippen LogP contribution in [0.15, 0.2) is 52.9 Å². The Morgan fingerprint density at radius 1 is 1.21 bits per heavy atom. The minimum atomic E-state index is -0.288. The van der Waals surface area contributed by atoms with Crippen molar-refractivity contribution >= 4 is 23.3 Å². The van der Waals surface area contributed by atoms with Gasteiger partial charge in [-0.2, -0.15) is 5.26 Å². The van der Waals surface area contributed by atoms with E-state index in [0.717, 1.165) is 6.42 Å². The van der Waals surface area contributed by atoms with Crippen LogP contribution >= 0.6 is 11.6 Å². The molecule has 0 aliphatic rings. The summed E-state index contributed by atoms with van der Waals surface area (Å²) in [4.78, 5) is 14.2. The number of carbonyl (C=O) groups excluding carboxylic acids is 1. The number of benzene rings is 2. The summed E-state index contributed by atoms with van der Waals surface area (Å²) in [5, 5.41) is 20.3. The van der Waals surface area contributed by atoms with Crippen LogP contribution in [0.4, 0.5) is 10.5 Å². The predicted octanol–water partition coefficient (Wildman–Crippen LogP) is 4.71. The highest BCUT2D eigenvalue weighted by atomic mass is 35.5. The van der Waals surface area contributed by atoms with Crippen LogP contribution in [0.5, 0.6) is 0 Å². The highest BCUT2D eigenvalue weighted by Gasteiger charge is 2.18. The molecular weight excluding hydrogens is 378 g/mol. The van der Waals surface area contributed by atoms with Crippen LogP contribution in [0.2, 0.25) is 5.02 Å². The lowest BCUT2D eigenvalue weighted by atomic mass is 10.2. The summed E-state index contributed by atoms with van der Waals surface area (Å²) in [5.74, 6) is 0.628. The molecule has 0 spiro atoms. The van der Waals surface area contributed by atoms with E-state index < -0.39 is 0 Å². The highest BCUT2D eigenvalue weighted by Crippen LogP contribution is 2.26. The Bertz CT molecular complexity index is 994. The maximum Gasteiger partial charge on any atom is 0.322 e. The minimum Gasteiger partial charge on any atom is -0.419 e. The Labute approximate surface area is 167 Å². The smallest absolute Gasteiger partial charge is 0.322 e. The number of nitrogens with one attached hydrogen (secondary N) is 1. The van der Waals surface area contributed by atoms with Crippen molar-refractivity contribution in [2.24, 2.45) is 0 Å². The molecule has 1 heterocycles. The van der Waals surface area contributed by atoms with Crippen LogP contribution in [0, 0.1) is 11.3 Å². The molecule has 0 radical (unpaired) electrons. The highest BCUT2D eigenvalue weighted by molar-refractivity contribution is 6.33. The zero-order valence-corrected chi connectivity index (χ0v) is 16.0. The van der Waals surface area contributed by atoms with Gasteiger partial charge in [-0.3, -0.25) is 0 Å². The lowest BCUT2D eigenvalue weighted by Crippen LogP contribution is -2.35. The van der Waals surface area contributed by atoms with Crippen molar-refractivity contribution in [1.82, 2.24) is 15.1 Å². The first-order chi connectivity index (χ1) is 13.6. The molecule has 0 unspecified atom stereocenters. The zero-order valence-electron chi connectivity index (χ0n) is 15.2. The van der Waals surface area contributed by atoms with Crippen molar-refractivity contribution in [3.63, 3.8) is 0 Å². The SMILES string of the molecule is CCCN(Cc1nnc(-c2ccccc2Cl)o1)C(=O)Nc1ccc(C#N)cc1. The molecule has 0 aliphatic heterocycles. The molecule has 0 fully saturated rings. The Hall–Kier alpha value is -3.37. The molecule has 0 aliphatic carbocycles. The lowest BCUT2D eigenvalue weighted by molar-refractivity contribution is 0.203. The fraction of sp³-hybridized carbons (Fsp3) is 0.200. The van der Waals surface area contributed by atoms with Gasteiger partial charge in [0.15, 0.2) is 0 Å². The molecular formula is C20H18ClN5O2. The number of halogens is 1. The van der Waals surface area contributed by atoms with Crippen molar-refractivity contribution in [2.45, 2.75) is 19.9 Å². The standard InChI is InChI=1S/C20H18ClN5O2/c1-2-11-26(20(27)23-15-9-7-14(12-22)8-10-15)13-18-24-25-19(28-18)16-5-3-4-6-17(16)21/h3-10H,2,11,13H2,1H3,(H,23,27). The maximum atomic E-state index is 12.6. The van der Waals surface area contributed by atoms with Gasteiger partial charge in [-0.05, 0) is 42.8 Å². The number of rotatable bonds is 6. The predicted molar refractivity (Wildman–Crippen MR) is 106 cm³/mol. The number of nitrogens with zero attached hydrogens (tertiary/aromatic N) is 4. The van der Waals surface area contributed by atoms with Crippen molar-refractivity contribution in [2.75, 3.05) is 11.9 Å². The van der Waals surface area contributed by atoms with E-state index in [1.807, 2.05) is 25.1 Å². The van der Waals surface area contributed by atoms with E-state index in [1.165, 1.54) is 0 Å². The average molecular weight is 396 g/mol. The summed E-state index contributed by atoms with van der Waals surface area (Å²) in [5.41, 5.74) is 1.78. The second-order valence-corrected chi connectivity index (χ2v) is 6.43. The van der Waals surface area contributed by atoms with Gasteiger partial charge in [0, 0.05) is 12.2 Å². The largest absolute Gasteiger partial charge is 0.419 e. The molecule has 0 atom stereocenters. The van der Waals surface area contributed by atoms with Gasteiger partial charge in [-0.25, -0.2) is 4.79 Å². The molecule has 2 amide bonds. The molecule has 0 bridgehead atoms. The molecule has 0 saturated heterocycles. The first kappa shape index (κ1) is 19.4. The summed E-state index contributed by atoms with van der Waals surface area (Å²) in [7, 11) is 0. The minimum absolute atomic E-state index is 0.174. The number of amides is 2. The van der Waals surface area contributed by atoms with Crippen LogP contribution in [0.3, 0.4) is 0 Å². The first-order valence-electron chi connectivity index (χ1n) is 8.74. The van der Waals surface area contributed by atoms with Crippen molar-refractivity contribution < 1.29 is 9.21 Å². The quantitative estimate of drug-likeness (QED) is 0.652. The fourth-order valence-corrected chi connectivity index (χ4v) is 2.79. The van der Waals surface area contributed by atoms with Crippen LogP contribution < -0.4 is 5.32 Å². The Balaban J connectivity index is 1.71. The number of nitriles is 1. The topological polar surface area (TPSA) is 95.1 Å². The summed E-state index contributed by atoms with van der Waals surface area (Å²) in [6.45, 7) is 2.67. The van der Waals surface area contributed by atoms with Crippen LogP contribution in [-0.2, 0) is 6.54 Å². The van der Waals surface area contributed by atoms with Gasteiger partial charge in [0.1, 0.15) is 6.54 Å². The second-order valence-electron chi connectivity index (χ2n) is 6.02. The Morgan fingerprint density at radius 2 is 1.96 bits per heavy atom. The Morgan fingerprint density at radius 3 is 2.64 bits per heavy atom. The fourth-order valence-electron chi connectivity index (χ4n) is 2.58. The molecule has 1 N–H and O–H groups in total. The summed E-state index contributed by atoms with van der Waals surface area (Å²) >= 11 is 6.16. The van der Waals surface area contributed by atoms with Gasteiger partial charge >= 0.3 is 6.03 Å². The molecule has 28 heavy (non-hydrogen) atoms. The number of anilines is 1. The second kappa shape index (κ2) is 9.02. The lowest BCUT2D eigenvalue weighted by Gasteiger charge is -2.20. The monoisotopic (exact) mass is 395 g/mol. The van der Waals surface area contributed by atoms with Crippen LogP contribution in [-0.4, -0.2) is 27.7 Å². The van der Waals surface area contributed by atoms with Crippen molar-refractivity contribution in [3.05, 3.63) is 65.0 Å². The van der Waals surface area contributed by atoms with E-state index >= 15 is 0 Å². The summed E-state index contributed by atoms with van der Waals surface area (Å²) in [6, 6.07) is 15.6. The van der Waals surface area contributed by atoms with Crippen molar-refractivity contribution in [3.8, 4) is 17.5 Å². The summed E-state index contributed by atoms with van der Waals surface area (Å²) < 4.78 is 5.69. The molecule has 7 nitrogen and oxygen atoms in total. The molecule has 8 heteroatoms. The van der Waals surface area contributed by atoms with Gasteiger partial charge in [-0.1, -0.05) is 30.7 Å². The molecule has 0 saturated carbocycles. The normalized spacial score (nSPS) is 10.3. The molecule has 2 aromatic carbocycles. The van der Waals surface area contributed by atoms with E-state index in [1.54, 1.807) is 41.3 Å². The molecule has 142 valence electrons. The first-order valence-corrected chi connectivity index (χ1v) is 9.12. The molecule has 1 aromatic heterocycles. The van der Waals surface area contributed by atoms with E-state index in [-0.39, 0.29) is 12.6 Å².